The highest BCUT2D eigenvalue weighted by molar-refractivity contribution is 6.19. The van der Waals surface area contributed by atoms with Crippen molar-refractivity contribution in [3.63, 3.8) is 0 Å². The summed E-state index contributed by atoms with van der Waals surface area (Å²) < 4.78 is 10.9. The first kappa shape index (κ1) is 20.5. The fourth-order valence-corrected chi connectivity index (χ4v) is 5.06. The number of hydrogen-bond acceptors (Lipinski definition) is 4. The Morgan fingerprint density at radius 3 is 2.62 bits per heavy atom. The Kier molecular flexibility index (Phi) is 4.90. The number of H-pyrrole nitrogens is 1. The van der Waals surface area contributed by atoms with Crippen LogP contribution in [0, 0.1) is 6.92 Å². The molecule has 0 saturated heterocycles. The molecular weight excluding hydrogens is 428 g/mol. The molecule has 0 bridgehead atoms. The fraction of sp³-hybridized carbons (Fsp3) is 0.240. The van der Waals surface area contributed by atoms with Crippen LogP contribution in [-0.2, 0) is 0 Å². The number of halogens is 1. The predicted molar refractivity (Wildman–Crippen MR) is 127 cm³/mol. The summed E-state index contributed by atoms with van der Waals surface area (Å²) in [6.07, 6.45) is 0. The number of amides is 1. The predicted octanol–water partition coefficient (Wildman–Crippen LogP) is 5.34. The number of aryl methyl sites for hydroxylation is 1. The quantitative estimate of drug-likeness (QED) is 0.412. The summed E-state index contributed by atoms with van der Waals surface area (Å²) >= 11 is 6.31. The summed E-state index contributed by atoms with van der Waals surface area (Å²) in [6, 6.07) is 13.0. The Labute approximate surface area is 190 Å². The molecule has 3 aromatic carbocycles. The smallest absolute Gasteiger partial charge is 0.274 e. The van der Waals surface area contributed by atoms with E-state index in [2.05, 4.69) is 4.98 Å². The van der Waals surface area contributed by atoms with Gasteiger partial charge in [0, 0.05) is 40.7 Å². The number of phenols is 1. The molecule has 0 spiro atoms. The van der Waals surface area contributed by atoms with Crippen LogP contribution in [0.15, 0.2) is 42.5 Å². The Hall–Kier alpha value is -3.38. The molecule has 0 saturated carbocycles. The highest BCUT2D eigenvalue weighted by atomic mass is 35.5. The Balaban J connectivity index is 1.64. The van der Waals surface area contributed by atoms with Crippen molar-refractivity contribution in [1.82, 2.24) is 4.98 Å². The number of aromatic amines is 1. The highest BCUT2D eigenvalue weighted by Gasteiger charge is 2.35. The van der Waals surface area contributed by atoms with Crippen LogP contribution in [0.5, 0.6) is 17.2 Å². The van der Waals surface area contributed by atoms with Gasteiger partial charge in [-0.15, -0.1) is 11.6 Å². The second-order valence-electron chi connectivity index (χ2n) is 8.03. The lowest BCUT2D eigenvalue weighted by Gasteiger charge is -2.17. The molecule has 1 aromatic heterocycles. The largest absolute Gasteiger partial charge is 0.507 e. The number of phenolic OH excluding ortho intramolecular Hbond substituents is 1. The number of fused-ring (bicyclic) bond motifs is 4. The van der Waals surface area contributed by atoms with E-state index in [1.807, 2.05) is 43.3 Å². The zero-order chi connectivity index (χ0) is 22.6. The van der Waals surface area contributed by atoms with E-state index in [0.717, 1.165) is 32.8 Å². The molecule has 0 unspecified atom stereocenters. The number of aromatic hydroxyl groups is 1. The lowest BCUT2D eigenvalue weighted by molar-refractivity contribution is 0.0984. The molecule has 2 N–H and O–H groups in total. The van der Waals surface area contributed by atoms with Crippen LogP contribution >= 0.6 is 11.6 Å². The third-order valence-electron chi connectivity index (χ3n) is 6.30. The van der Waals surface area contributed by atoms with Crippen LogP contribution in [0.4, 0.5) is 5.69 Å². The average Bonchev–Trinajstić information content (AvgIpc) is 3.40. The van der Waals surface area contributed by atoms with Gasteiger partial charge in [-0.2, -0.15) is 0 Å². The molecule has 1 aliphatic rings. The first-order chi connectivity index (χ1) is 15.5. The second-order valence-corrected chi connectivity index (χ2v) is 8.33. The minimum Gasteiger partial charge on any atom is -0.507 e. The van der Waals surface area contributed by atoms with Gasteiger partial charge in [-0.25, -0.2) is 0 Å². The maximum absolute atomic E-state index is 13.6. The summed E-state index contributed by atoms with van der Waals surface area (Å²) in [5.41, 5.74) is 3.83. The Morgan fingerprint density at radius 2 is 1.94 bits per heavy atom. The number of aromatic nitrogens is 1. The van der Waals surface area contributed by atoms with E-state index in [4.69, 9.17) is 21.1 Å². The maximum Gasteiger partial charge on any atom is 0.274 e. The number of anilines is 1. The summed E-state index contributed by atoms with van der Waals surface area (Å²) in [4.78, 5) is 18.6. The van der Waals surface area contributed by atoms with Gasteiger partial charge in [0.2, 0.25) is 0 Å². The molecular formula is C25H23ClN2O4. The molecule has 0 fully saturated rings. The van der Waals surface area contributed by atoms with Gasteiger partial charge in [-0.1, -0.05) is 24.3 Å². The van der Waals surface area contributed by atoms with Gasteiger partial charge in [-0.3, -0.25) is 4.79 Å². The molecule has 2 heterocycles. The van der Waals surface area contributed by atoms with Gasteiger partial charge < -0.3 is 24.5 Å². The minimum atomic E-state index is -0.179. The van der Waals surface area contributed by atoms with E-state index in [-0.39, 0.29) is 17.6 Å². The molecule has 4 aromatic rings. The van der Waals surface area contributed by atoms with E-state index >= 15 is 0 Å². The molecule has 7 heteroatoms. The number of hydrogen-bond donors (Lipinski definition) is 2. The number of rotatable bonds is 4. The number of nitrogens with zero attached hydrogens (tertiary/aromatic N) is 1. The number of carbonyl (C=O) groups excluding carboxylic acids is 1. The van der Waals surface area contributed by atoms with Crippen LogP contribution in [0.25, 0.3) is 21.7 Å². The van der Waals surface area contributed by atoms with Crippen LogP contribution in [0.2, 0.25) is 0 Å². The first-order valence-corrected chi connectivity index (χ1v) is 10.9. The van der Waals surface area contributed by atoms with Crippen molar-refractivity contribution in [3.8, 4) is 17.2 Å². The van der Waals surface area contributed by atoms with Crippen LogP contribution in [-0.4, -0.2) is 42.6 Å². The van der Waals surface area contributed by atoms with Crippen molar-refractivity contribution in [2.45, 2.75) is 12.8 Å². The van der Waals surface area contributed by atoms with E-state index in [1.165, 1.54) is 0 Å². The molecule has 1 amide bonds. The normalized spacial score (nSPS) is 15.4. The molecule has 1 aliphatic heterocycles. The summed E-state index contributed by atoms with van der Waals surface area (Å²) in [5, 5.41) is 13.2. The zero-order valence-corrected chi connectivity index (χ0v) is 18.8. The van der Waals surface area contributed by atoms with Crippen LogP contribution in [0.1, 0.15) is 27.5 Å². The number of alkyl halides is 1. The van der Waals surface area contributed by atoms with Gasteiger partial charge in [0.1, 0.15) is 11.4 Å². The van der Waals surface area contributed by atoms with Crippen molar-refractivity contribution in [1.29, 1.82) is 0 Å². The second kappa shape index (κ2) is 7.64. The molecule has 164 valence electrons. The van der Waals surface area contributed by atoms with Gasteiger partial charge in [0.15, 0.2) is 11.5 Å². The molecule has 5 rings (SSSR count). The SMILES string of the molecule is COc1cc2cc(C(=O)N3C[C@@H](CCl)c4c3cc(O)c3ccccc43)[nH]c2c(C)c1OC. The number of carbonyl (C=O) groups is 1. The number of benzene rings is 3. The van der Waals surface area contributed by atoms with Crippen LogP contribution in [0.3, 0.4) is 0 Å². The first-order valence-electron chi connectivity index (χ1n) is 10.3. The van der Waals surface area contributed by atoms with Crippen molar-refractivity contribution < 1.29 is 19.4 Å². The number of methoxy groups -OCH3 is 2. The lowest BCUT2D eigenvalue weighted by Crippen LogP contribution is -2.30. The topological polar surface area (TPSA) is 74.8 Å². The average molecular weight is 451 g/mol. The third-order valence-corrected chi connectivity index (χ3v) is 6.68. The minimum absolute atomic E-state index is 0.0209. The summed E-state index contributed by atoms with van der Waals surface area (Å²) in [6.45, 7) is 2.37. The van der Waals surface area contributed by atoms with Crippen LogP contribution < -0.4 is 14.4 Å². The van der Waals surface area contributed by atoms with Crippen molar-refractivity contribution in [2.75, 3.05) is 31.5 Å². The molecule has 1 atom stereocenters. The monoisotopic (exact) mass is 450 g/mol. The molecule has 0 radical (unpaired) electrons. The van der Waals surface area contributed by atoms with Gasteiger partial charge >= 0.3 is 0 Å². The van der Waals surface area contributed by atoms with Crippen molar-refractivity contribution >= 4 is 44.9 Å². The third kappa shape index (κ3) is 2.90. The van der Waals surface area contributed by atoms with Crippen molar-refractivity contribution in [3.05, 3.63) is 59.3 Å². The highest BCUT2D eigenvalue weighted by Crippen LogP contribution is 2.46. The van der Waals surface area contributed by atoms with Gasteiger partial charge in [0.05, 0.1) is 25.4 Å². The zero-order valence-electron chi connectivity index (χ0n) is 18.0. The Morgan fingerprint density at radius 1 is 1.19 bits per heavy atom. The number of ether oxygens (including phenoxy) is 2. The van der Waals surface area contributed by atoms with Crippen molar-refractivity contribution in [2.24, 2.45) is 0 Å². The van der Waals surface area contributed by atoms with E-state index in [9.17, 15) is 9.90 Å². The summed E-state index contributed by atoms with van der Waals surface area (Å²) in [5.74, 6) is 1.57. The standard InChI is InChI=1S/C25H23ClN2O4/c1-13-23-14(9-21(31-2)24(13)32-3)8-18(27-23)25(30)28-12-15(11-26)22-17-7-5-4-6-16(17)20(29)10-19(22)28/h4-10,15,27,29H,11-12H2,1-3H3/t15-/m1/s1. The number of nitrogens with one attached hydrogen (secondary N) is 1. The van der Waals surface area contributed by atoms with E-state index in [1.54, 1.807) is 25.2 Å². The lowest BCUT2D eigenvalue weighted by atomic mass is 9.95. The Bertz CT molecular complexity index is 1380. The molecule has 32 heavy (non-hydrogen) atoms. The van der Waals surface area contributed by atoms with Gasteiger partial charge in [0.25, 0.3) is 5.91 Å². The fourth-order valence-electron chi connectivity index (χ4n) is 4.81. The molecule has 0 aliphatic carbocycles. The summed E-state index contributed by atoms with van der Waals surface area (Å²) in [7, 11) is 3.18. The van der Waals surface area contributed by atoms with Gasteiger partial charge in [-0.05, 0) is 30.0 Å². The molecule has 6 nitrogen and oxygen atoms in total. The maximum atomic E-state index is 13.6. The van der Waals surface area contributed by atoms with E-state index < -0.39 is 0 Å². The van der Waals surface area contributed by atoms with E-state index in [0.29, 0.717) is 35.3 Å².